The molecule has 0 aliphatic carbocycles. The first kappa shape index (κ1) is 33.6. The first-order chi connectivity index (χ1) is 19.2. The SMILES string of the molecule is CC(C)C(NC(=O)CCCCCNC(=O)c1ccccn1)C(=O)[N+]1=C(C(=O)NC(C(=O)C(F)(F)F)C(C)C)CCC1. The van der Waals surface area contributed by atoms with Crippen LogP contribution in [0.1, 0.15) is 76.7 Å². The molecule has 226 valence electrons. The van der Waals surface area contributed by atoms with Gasteiger partial charge in [-0.25, -0.2) is 4.79 Å². The Morgan fingerprint density at radius 2 is 1.61 bits per heavy atom. The summed E-state index contributed by atoms with van der Waals surface area (Å²) in [7, 11) is 0. The number of carbonyl (C=O) groups excluding carboxylic acids is 5. The predicted octanol–water partition coefficient (Wildman–Crippen LogP) is 2.56. The molecule has 13 heteroatoms. The lowest BCUT2D eigenvalue weighted by Gasteiger charge is -2.22. The van der Waals surface area contributed by atoms with Crippen molar-refractivity contribution in [3.05, 3.63) is 30.1 Å². The number of Topliss-reactive ketones (excluding diaryl/α,β-unsaturated/α-hetero) is 1. The molecule has 0 saturated heterocycles. The van der Waals surface area contributed by atoms with Crippen molar-refractivity contribution < 1.29 is 41.7 Å². The number of rotatable bonds is 14. The molecule has 41 heavy (non-hydrogen) atoms. The molecule has 0 spiro atoms. The third-order valence-corrected chi connectivity index (χ3v) is 6.68. The summed E-state index contributed by atoms with van der Waals surface area (Å²) in [6.07, 6.45) is -1.03. The van der Waals surface area contributed by atoms with Crippen LogP contribution in [0.25, 0.3) is 0 Å². The van der Waals surface area contributed by atoms with Gasteiger partial charge in [0.15, 0.2) is 12.6 Å². The van der Waals surface area contributed by atoms with E-state index in [1.54, 1.807) is 32.0 Å². The van der Waals surface area contributed by atoms with E-state index in [9.17, 15) is 37.1 Å². The highest BCUT2D eigenvalue weighted by Crippen LogP contribution is 2.21. The lowest BCUT2D eigenvalue weighted by atomic mass is 9.99. The van der Waals surface area contributed by atoms with Crippen LogP contribution in [0.4, 0.5) is 13.2 Å². The summed E-state index contributed by atoms with van der Waals surface area (Å²) in [5.74, 6) is -5.27. The van der Waals surface area contributed by atoms with E-state index in [4.69, 9.17) is 0 Å². The van der Waals surface area contributed by atoms with Gasteiger partial charge in [-0.15, -0.1) is 0 Å². The zero-order valence-electron chi connectivity index (χ0n) is 23.8. The monoisotopic (exact) mass is 582 g/mol. The molecule has 0 fully saturated rings. The van der Waals surface area contributed by atoms with Crippen LogP contribution >= 0.6 is 0 Å². The molecule has 2 unspecified atom stereocenters. The summed E-state index contributed by atoms with van der Waals surface area (Å²) in [6.45, 7) is 6.84. The van der Waals surface area contributed by atoms with Crippen molar-refractivity contribution in [3.63, 3.8) is 0 Å². The first-order valence-electron chi connectivity index (χ1n) is 13.8. The second-order valence-corrected chi connectivity index (χ2v) is 10.7. The molecule has 1 aliphatic rings. The van der Waals surface area contributed by atoms with E-state index in [2.05, 4.69) is 20.9 Å². The van der Waals surface area contributed by atoms with E-state index in [1.165, 1.54) is 24.6 Å². The smallest absolute Gasteiger partial charge is 0.351 e. The van der Waals surface area contributed by atoms with Crippen LogP contribution in [0, 0.1) is 11.8 Å². The quantitative estimate of drug-likeness (QED) is 0.228. The summed E-state index contributed by atoms with van der Waals surface area (Å²) >= 11 is 0. The average molecular weight is 583 g/mol. The second-order valence-electron chi connectivity index (χ2n) is 10.7. The molecule has 1 aliphatic heterocycles. The Morgan fingerprint density at radius 3 is 2.20 bits per heavy atom. The van der Waals surface area contributed by atoms with Crippen molar-refractivity contribution in [1.29, 1.82) is 0 Å². The average Bonchev–Trinajstić information content (AvgIpc) is 3.41. The number of carbonyl (C=O) groups is 5. The van der Waals surface area contributed by atoms with E-state index in [0.29, 0.717) is 37.9 Å². The Labute approximate surface area is 237 Å². The van der Waals surface area contributed by atoms with Gasteiger partial charge in [-0.05, 0) is 36.8 Å². The maximum atomic E-state index is 13.4. The number of amides is 4. The number of hydrogen-bond donors (Lipinski definition) is 3. The number of alkyl halides is 3. The van der Waals surface area contributed by atoms with Gasteiger partial charge in [-0.3, -0.25) is 24.2 Å². The van der Waals surface area contributed by atoms with Crippen LogP contribution in [-0.4, -0.2) is 76.0 Å². The number of unbranched alkanes of at least 4 members (excludes halogenated alkanes) is 2. The van der Waals surface area contributed by atoms with Gasteiger partial charge >= 0.3 is 18.0 Å². The minimum absolute atomic E-state index is 0.0247. The number of ketones is 1. The Hall–Kier alpha value is -3.64. The number of nitrogens with zero attached hydrogens (tertiary/aromatic N) is 2. The molecule has 1 aromatic heterocycles. The number of nitrogens with one attached hydrogen (secondary N) is 3. The maximum Gasteiger partial charge on any atom is 0.452 e. The van der Waals surface area contributed by atoms with Crippen LogP contribution in [0.2, 0.25) is 0 Å². The topological polar surface area (TPSA) is 137 Å². The van der Waals surface area contributed by atoms with Crippen molar-refractivity contribution in [3.8, 4) is 0 Å². The van der Waals surface area contributed by atoms with Crippen LogP contribution in [-0.2, 0) is 19.2 Å². The maximum absolute atomic E-state index is 13.4. The zero-order valence-corrected chi connectivity index (χ0v) is 23.8. The second kappa shape index (κ2) is 15.4. The van der Waals surface area contributed by atoms with Gasteiger partial charge < -0.3 is 16.0 Å². The van der Waals surface area contributed by atoms with Gasteiger partial charge in [0.1, 0.15) is 5.69 Å². The van der Waals surface area contributed by atoms with Gasteiger partial charge in [0.2, 0.25) is 11.6 Å². The van der Waals surface area contributed by atoms with Crippen LogP contribution in [0.15, 0.2) is 24.4 Å². The van der Waals surface area contributed by atoms with Crippen LogP contribution in [0.3, 0.4) is 0 Å². The minimum atomic E-state index is -5.11. The first-order valence-corrected chi connectivity index (χ1v) is 13.8. The van der Waals surface area contributed by atoms with E-state index in [0.717, 1.165) is 0 Å². The molecule has 3 N–H and O–H groups in total. The third kappa shape index (κ3) is 10.0. The van der Waals surface area contributed by atoms with Gasteiger partial charge in [0.05, 0.1) is 6.04 Å². The Bertz CT molecular complexity index is 1140. The number of hydrogen-bond acceptors (Lipinski definition) is 6. The number of aromatic nitrogens is 1. The van der Waals surface area contributed by atoms with Crippen LogP contribution < -0.4 is 16.0 Å². The molecule has 0 saturated carbocycles. The summed E-state index contributed by atoms with van der Waals surface area (Å²) in [4.78, 5) is 66.7. The van der Waals surface area contributed by atoms with Gasteiger partial charge in [0.25, 0.3) is 11.7 Å². The Morgan fingerprint density at radius 1 is 0.927 bits per heavy atom. The van der Waals surface area contributed by atoms with E-state index < -0.39 is 41.8 Å². The highest BCUT2D eigenvalue weighted by atomic mass is 19.4. The molecule has 0 radical (unpaired) electrons. The fourth-order valence-electron chi connectivity index (χ4n) is 4.39. The predicted molar refractivity (Wildman–Crippen MR) is 144 cm³/mol. The van der Waals surface area contributed by atoms with Crippen LogP contribution in [0.5, 0.6) is 0 Å². The molecule has 10 nitrogen and oxygen atoms in total. The highest BCUT2D eigenvalue weighted by molar-refractivity contribution is 6.38. The highest BCUT2D eigenvalue weighted by Gasteiger charge is 2.47. The number of pyridine rings is 1. The molecule has 0 bridgehead atoms. The fraction of sp³-hybridized carbons (Fsp3) is 0.607. The summed E-state index contributed by atoms with van der Waals surface area (Å²) in [6, 6.07) is 2.32. The lowest BCUT2D eigenvalue weighted by molar-refractivity contribution is -0.443. The molecule has 1 aromatic rings. The number of halogens is 3. The fourth-order valence-corrected chi connectivity index (χ4v) is 4.39. The third-order valence-electron chi connectivity index (χ3n) is 6.68. The minimum Gasteiger partial charge on any atom is -0.351 e. The van der Waals surface area contributed by atoms with Crippen molar-refractivity contribution in [2.45, 2.75) is 84.5 Å². The van der Waals surface area contributed by atoms with E-state index in [1.807, 2.05) is 0 Å². The largest absolute Gasteiger partial charge is 0.452 e. The normalized spacial score (nSPS) is 15.0. The van der Waals surface area contributed by atoms with Crippen molar-refractivity contribution >= 4 is 35.1 Å². The summed E-state index contributed by atoms with van der Waals surface area (Å²) < 4.78 is 40.3. The molecule has 2 heterocycles. The van der Waals surface area contributed by atoms with Gasteiger partial charge in [0, 0.05) is 32.0 Å². The van der Waals surface area contributed by atoms with Crippen molar-refractivity contribution in [1.82, 2.24) is 20.9 Å². The zero-order chi connectivity index (χ0) is 30.7. The summed E-state index contributed by atoms with van der Waals surface area (Å²) in [5, 5.41) is 7.65. The molecule has 2 rings (SSSR count). The summed E-state index contributed by atoms with van der Waals surface area (Å²) in [5.41, 5.74) is 0.296. The Balaban J connectivity index is 1.93. The van der Waals surface area contributed by atoms with E-state index >= 15 is 0 Å². The Kier molecular flexibility index (Phi) is 12.6. The standard InChI is InChI=1S/C28H38F3N5O5/c1-17(2)22(24(38)28(29,30)31)35-26(40)20-12-10-16-36(20)27(41)23(18(3)4)34-21(37)13-6-5-8-15-33-25(39)19-11-7-9-14-32-19/h7,9,11,14,17-18,22-23H,5-6,8,10,12-13,15-16H2,1-4H3,(H2-,33,34,35,37,39,40)/p+1. The molecule has 0 aromatic carbocycles. The lowest BCUT2D eigenvalue weighted by Crippen LogP contribution is -2.53. The van der Waals surface area contributed by atoms with Gasteiger partial charge in [-0.2, -0.15) is 17.7 Å². The molecule has 2 atom stereocenters. The van der Waals surface area contributed by atoms with Gasteiger partial charge in [-0.1, -0.05) is 40.2 Å². The molecular formula is C28H39F3N5O5+. The molecular weight excluding hydrogens is 543 g/mol. The molecule has 4 amide bonds. The van der Waals surface area contributed by atoms with Crippen molar-refractivity contribution in [2.75, 3.05) is 13.1 Å². The van der Waals surface area contributed by atoms with E-state index in [-0.39, 0.29) is 42.8 Å². The van der Waals surface area contributed by atoms with Crippen molar-refractivity contribution in [2.24, 2.45) is 11.8 Å².